The zero-order chi connectivity index (χ0) is 10.9. The number of rotatable bonds is 2. The summed E-state index contributed by atoms with van der Waals surface area (Å²) in [5.41, 5.74) is -0.237. The normalized spacial score (nSPS) is 11.6. The van der Waals surface area contributed by atoms with E-state index in [1.54, 1.807) is 33.1 Å². The van der Waals surface area contributed by atoms with Crippen molar-refractivity contribution >= 4 is 27.5 Å². The van der Waals surface area contributed by atoms with Gasteiger partial charge in [0.05, 0.1) is 17.2 Å². The van der Waals surface area contributed by atoms with Gasteiger partial charge in [-0.05, 0) is 41.9 Å². The first-order valence-corrected chi connectivity index (χ1v) is 5.29. The minimum Gasteiger partial charge on any atom is -0.496 e. The molecule has 4 heteroatoms. The summed E-state index contributed by atoms with van der Waals surface area (Å²) >= 11 is 9.26. The van der Waals surface area contributed by atoms with E-state index in [1.807, 2.05) is 0 Å². The van der Waals surface area contributed by atoms with Gasteiger partial charge in [0, 0.05) is 10.6 Å². The van der Waals surface area contributed by atoms with Gasteiger partial charge in [0.1, 0.15) is 5.75 Å². The highest BCUT2D eigenvalue weighted by Crippen LogP contribution is 2.37. The molecule has 1 aromatic rings. The number of ether oxygens (including phenoxy) is 1. The van der Waals surface area contributed by atoms with Crippen LogP contribution in [0.5, 0.6) is 5.75 Å². The Kier molecular flexibility index (Phi) is 3.45. The average Bonchev–Trinajstić information content (AvgIpc) is 2.06. The topological polar surface area (TPSA) is 29.5 Å². The summed E-state index contributed by atoms with van der Waals surface area (Å²) in [6, 6.07) is 3.41. The second-order valence-corrected chi connectivity index (χ2v) is 4.76. The summed E-state index contributed by atoms with van der Waals surface area (Å²) in [7, 11) is 1.56. The fraction of sp³-hybridized carbons (Fsp3) is 0.400. The average molecular weight is 280 g/mol. The van der Waals surface area contributed by atoms with Crippen molar-refractivity contribution in [3.8, 4) is 5.75 Å². The summed E-state index contributed by atoms with van der Waals surface area (Å²) in [5.74, 6) is 0.620. The smallest absolute Gasteiger partial charge is 0.134 e. The van der Waals surface area contributed by atoms with E-state index in [0.29, 0.717) is 16.3 Å². The molecule has 0 heterocycles. The van der Waals surface area contributed by atoms with Crippen molar-refractivity contribution in [2.75, 3.05) is 7.11 Å². The van der Waals surface area contributed by atoms with Gasteiger partial charge in [-0.1, -0.05) is 11.6 Å². The van der Waals surface area contributed by atoms with Crippen LogP contribution in [-0.4, -0.2) is 12.2 Å². The maximum absolute atomic E-state index is 9.87. The monoisotopic (exact) mass is 278 g/mol. The van der Waals surface area contributed by atoms with E-state index in [9.17, 15) is 5.11 Å². The molecule has 0 atom stereocenters. The Balaban J connectivity index is 3.37. The largest absolute Gasteiger partial charge is 0.496 e. The van der Waals surface area contributed by atoms with E-state index in [2.05, 4.69) is 15.9 Å². The van der Waals surface area contributed by atoms with Crippen LogP contribution in [-0.2, 0) is 5.60 Å². The summed E-state index contributed by atoms with van der Waals surface area (Å²) in [4.78, 5) is 0. The number of methoxy groups -OCH3 is 1. The molecule has 0 spiro atoms. The molecule has 2 nitrogen and oxygen atoms in total. The third-order valence-electron chi connectivity index (χ3n) is 1.88. The highest BCUT2D eigenvalue weighted by atomic mass is 79.9. The van der Waals surface area contributed by atoms with Crippen molar-refractivity contribution in [2.24, 2.45) is 0 Å². The molecule has 0 aromatic heterocycles. The summed E-state index contributed by atoms with van der Waals surface area (Å²) < 4.78 is 5.85. The van der Waals surface area contributed by atoms with Gasteiger partial charge in [0.2, 0.25) is 0 Å². The number of hydrogen-bond donors (Lipinski definition) is 1. The van der Waals surface area contributed by atoms with Crippen LogP contribution < -0.4 is 4.74 Å². The maximum Gasteiger partial charge on any atom is 0.134 e. The fourth-order valence-electron chi connectivity index (χ4n) is 1.16. The van der Waals surface area contributed by atoms with Crippen LogP contribution in [0.3, 0.4) is 0 Å². The molecule has 0 radical (unpaired) electrons. The van der Waals surface area contributed by atoms with E-state index in [1.165, 1.54) is 0 Å². The quantitative estimate of drug-likeness (QED) is 0.900. The zero-order valence-electron chi connectivity index (χ0n) is 8.27. The van der Waals surface area contributed by atoms with Gasteiger partial charge >= 0.3 is 0 Å². The van der Waals surface area contributed by atoms with Crippen LogP contribution >= 0.6 is 27.5 Å². The van der Waals surface area contributed by atoms with Crippen molar-refractivity contribution < 1.29 is 9.84 Å². The molecule has 78 valence electrons. The molecular weight excluding hydrogens is 267 g/mol. The van der Waals surface area contributed by atoms with Gasteiger partial charge in [-0.3, -0.25) is 0 Å². The lowest BCUT2D eigenvalue weighted by Gasteiger charge is -2.21. The Hall–Kier alpha value is -0.250. The van der Waals surface area contributed by atoms with Crippen molar-refractivity contribution in [3.05, 3.63) is 27.2 Å². The second kappa shape index (κ2) is 4.09. The molecule has 0 unspecified atom stereocenters. The van der Waals surface area contributed by atoms with Crippen LogP contribution in [0.4, 0.5) is 0 Å². The first kappa shape index (κ1) is 11.8. The Morgan fingerprint density at radius 3 is 2.43 bits per heavy atom. The molecule has 0 saturated carbocycles. The molecule has 0 amide bonds. The van der Waals surface area contributed by atoms with E-state index in [-0.39, 0.29) is 0 Å². The number of benzene rings is 1. The fourth-order valence-corrected chi connectivity index (χ4v) is 2.24. The highest BCUT2D eigenvalue weighted by Gasteiger charge is 2.22. The van der Waals surface area contributed by atoms with Crippen molar-refractivity contribution in [3.63, 3.8) is 0 Å². The van der Waals surface area contributed by atoms with Crippen LogP contribution in [0, 0.1) is 0 Å². The molecule has 1 rings (SSSR count). The van der Waals surface area contributed by atoms with Gasteiger partial charge in [-0.2, -0.15) is 0 Å². The van der Waals surface area contributed by atoms with Crippen molar-refractivity contribution in [1.82, 2.24) is 0 Å². The molecule has 0 aliphatic carbocycles. The maximum atomic E-state index is 9.87. The van der Waals surface area contributed by atoms with Gasteiger partial charge in [-0.25, -0.2) is 0 Å². The van der Waals surface area contributed by atoms with Gasteiger partial charge in [-0.15, -0.1) is 0 Å². The van der Waals surface area contributed by atoms with Gasteiger partial charge in [0.15, 0.2) is 0 Å². The SMILES string of the molecule is COc1cc(Cl)cc(C(C)(C)O)c1Br. The first-order chi connectivity index (χ1) is 6.36. The van der Waals surface area contributed by atoms with Crippen LogP contribution in [0.2, 0.25) is 5.02 Å². The lowest BCUT2D eigenvalue weighted by molar-refractivity contribution is 0.0775. The molecule has 0 fully saturated rings. The predicted molar refractivity (Wildman–Crippen MR) is 60.9 cm³/mol. The summed E-state index contributed by atoms with van der Waals surface area (Å²) in [6.07, 6.45) is 0. The molecule has 1 N–H and O–H groups in total. The predicted octanol–water partition coefficient (Wildman–Crippen LogP) is 3.34. The molecule has 0 bridgehead atoms. The van der Waals surface area contributed by atoms with Crippen molar-refractivity contribution in [1.29, 1.82) is 0 Å². The van der Waals surface area contributed by atoms with Crippen LogP contribution in [0.15, 0.2) is 16.6 Å². The third kappa shape index (κ3) is 2.41. The molecule has 14 heavy (non-hydrogen) atoms. The Labute approximate surface area is 97.0 Å². The Morgan fingerprint density at radius 2 is 2.00 bits per heavy atom. The summed E-state index contributed by atoms with van der Waals surface area (Å²) in [5, 5.41) is 10.4. The van der Waals surface area contributed by atoms with E-state index in [4.69, 9.17) is 16.3 Å². The van der Waals surface area contributed by atoms with E-state index >= 15 is 0 Å². The van der Waals surface area contributed by atoms with E-state index in [0.717, 1.165) is 4.47 Å². The number of aliphatic hydroxyl groups is 1. The Bertz CT molecular complexity index is 345. The third-order valence-corrected chi connectivity index (χ3v) is 2.92. The lowest BCUT2D eigenvalue weighted by atomic mass is 9.98. The standard InChI is InChI=1S/C10H12BrClO2/c1-10(2,13)7-4-6(12)5-8(14-3)9(7)11/h4-5,13H,1-3H3. The zero-order valence-corrected chi connectivity index (χ0v) is 10.6. The molecule has 0 aliphatic rings. The lowest BCUT2D eigenvalue weighted by Crippen LogP contribution is -2.16. The first-order valence-electron chi connectivity index (χ1n) is 4.12. The highest BCUT2D eigenvalue weighted by molar-refractivity contribution is 9.10. The molecule has 0 aliphatic heterocycles. The Morgan fingerprint density at radius 1 is 1.43 bits per heavy atom. The van der Waals surface area contributed by atoms with Gasteiger partial charge < -0.3 is 9.84 Å². The minimum atomic E-state index is -0.947. The van der Waals surface area contributed by atoms with E-state index < -0.39 is 5.60 Å². The number of hydrogen-bond acceptors (Lipinski definition) is 2. The molecule has 0 saturated heterocycles. The molecular formula is C10H12BrClO2. The van der Waals surface area contributed by atoms with Crippen LogP contribution in [0.1, 0.15) is 19.4 Å². The van der Waals surface area contributed by atoms with Crippen LogP contribution in [0.25, 0.3) is 0 Å². The summed E-state index contributed by atoms with van der Waals surface area (Å²) in [6.45, 7) is 3.39. The minimum absolute atomic E-state index is 0.544. The second-order valence-electron chi connectivity index (χ2n) is 3.53. The number of halogens is 2. The van der Waals surface area contributed by atoms with Gasteiger partial charge in [0.25, 0.3) is 0 Å². The molecule has 1 aromatic carbocycles. The van der Waals surface area contributed by atoms with Crippen molar-refractivity contribution in [2.45, 2.75) is 19.4 Å².